The lowest BCUT2D eigenvalue weighted by Crippen LogP contribution is -2.12. The third-order valence-electron chi connectivity index (χ3n) is 3.86. The molecular weight excluding hydrogens is 284 g/mol. The minimum atomic E-state index is 0.344. The van der Waals surface area contributed by atoms with Gasteiger partial charge in [-0.3, -0.25) is 4.40 Å². The van der Waals surface area contributed by atoms with Crippen molar-refractivity contribution in [2.45, 2.75) is 26.8 Å². The molecular formula is C19H24N4. The molecule has 1 N–H and O–H groups in total. The second kappa shape index (κ2) is 5.95. The Morgan fingerprint density at radius 1 is 1.09 bits per heavy atom. The van der Waals surface area contributed by atoms with Gasteiger partial charge in [-0.05, 0) is 50.6 Å². The van der Waals surface area contributed by atoms with E-state index in [0.29, 0.717) is 6.04 Å². The van der Waals surface area contributed by atoms with Gasteiger partial charge in [-0.15, -0.1) is 0 Å². The highest BCUT2D eigenvalue weighted by Gasteiger charge is 2.15. The number of fused-ring (bicyclic) bond motifs is 1. The molecule has 0 radical (unpaired) electrons. The van der Waals surface area contributed by atoms with Gasteiger partial charge >= 0.3 is 0 Å². The van der Waals surface area contributed by atoms with E-state index in [-0.39, 0.29) is 0 Å². The third-order valence-corrected chi connectivity index (χ3v) is 3.86. The monoisotopic (exact) mass is 308 g/mol. The van der Waals surface area contributed by atoms with Crippen LogP contribution in [0, 0.1) is 6.92 Å². The Labute approximate surface area is 137 Å². The normalized spacial score (nSPS) is 11.2. The van der Waals surface area contributed by atoms with E-state index < -0.39 is 0 Å². The van der Waals surface area contributed by atoms with Crippen molar-refractivity contribution in [3.05, 3.63) is 48.2 Å². The van der Waals surface area contributed by atoms with Gasteiger partial charge in [0.15, 0.2) is 0 Å². The molecule has 0 aliphatic carbocycles. The lowest BCUT2D eigenvalue weighted by atomic mass is 10.1. The highest BCUT2D eigenvalue weighted by Crippen LogP contribution is 2.30. The number of imidazole rings is 1. The summed E-state index contributed by atoms with van der Waals surface area (Å²) in [7, 11) is 4.10. The lowest BCUT2D eigenvalue weighted by Gasteiger charge is -2.14. The number of nitrogens with zero attached hydrogens (tertiary/aromatic N) is 3. The number of pyridine rings is 1. The molecule has 3 aromatic rings. The van der Waals surface area contributed by atoms with Gasteiger partial charge in [0.2, 0.25) is 0 Å². The first-order chi connectivity index (χ1) is 11.0. The third kappa shape index (κ3) is 3.02. The summed E-state index contributed by atoms with van der Waals surface area (Å²) in [5.41, 5.74) is 5.49. The summed E-state index contributed by atoms with van der Waals surface area (Å²) in [6, 6.07) is 13.1. The van der Waals surface area contributed by atoms with E-state index in [1.165, 1.54) is 11.3 Å². The molecule has 0 fully saturated rings. The Kier molecular flexibility index (Phi) is 3.99. The summed E-state index contributed by atoms with van der Waals surface area (Å²) < 4.78 is 2.13. The fraction of sp³-hybridized carbons (Fsp3) is 0.316. The van der Waals surface area contributed by atoms with Crippen LogP contribution in [0.3, 0.4) is 0 Å². The van der Waals surface area contributed by atoms with Gasteiger partial charge in [-0.2, -0.15) is 0 Å². The second-order valence-corrected chi connectivity index (χ2v) is 6.48. The Bertz CT molecular complexity index is 813. The molecule has 23 heavy (non-hydrogen) atoms. The van der Waals surface area contributed by atoms with Gasteiger partial charge in [-0.25, -0.2) is 4.98 Å². The van der Waals surface area contributed by atoms with E-state index in [1.54, 1.807) is 0 Å². The van der Waals surface area contributed by atoms with Gasteiger partial charge in [-0.1, -0.05) is 12.1 Å². The van der Waals surface area contributed by atoms with E-state index in [9.17, 15) is 0 Å². The van der Waals surface area contributed by atoms with Crippen molar-refractivity contribution in [1.82, 2.24) is 9.38 Å². The molecule has 2 heterocycles. The quantitative estimate of drug-likeness (QED) is 0.784. The van der Waals surface area contributed by atoms with Crippen molar-refractivity contribution in [2.24, 2.45) is 0 Å². The van der Waals surface area contributed by atoms with Crippen LogP contribution in [0.15, 0.2) is 42.6 Å². The van der Waals surface area contributed by atoms with Crippen molar-refractivity contribution < 1.29 is 0 Å². The van der Waals surface area contributed by atoms with E-state index in [1.807, 2.05) is 0 Å². The molecule has 4 nitrogen and oxygen atoms in total. The van der Waals surface area contributed by atoms with E-state index >= 15 is 0 Å². The predicted molar refractivity (Wildman–Crippen MR) is 98.5 cm³/mol. The highest BCUT2D eigenvalue weighted by molar-refractivity contribution is 5.77. The van der Waals surface area contributed by atoms with E-state index in [4.69, 9.17) is 4.98 Å². The largest absolute Gasteiger partial charge is 0.378 e. The topological polar surface area (TPSA) is 32.6 Å². The van der Waals surface area contributed by atoms with Crippen LogP contribution in [0.25, 0.3) is 16.9 Å². The summed E-state index contributed by atoms with van der Waals surface area (Å²) in [5.74, 6) is 1.05. The molecule has 0 bridgehead atoms. The molecule has 3 rings (SSSR count). The molecule has 2 aromatic heterocycles. The van der Waals surface area contributed by atoms with Crippen LogP contribution >= 0.6 is 0 Å². The van der Waals surface area contributed by atoms with Crippen molar-refractivity contribution in [1.29, 1.82) is 0 Å². The van der Waals surface area contributed by atoms with Crippen molar-refractivity contribution in [2.75, 3.05) is 24.3 Å². The second-order valence-electron chi connectivity index (χ2n) is 6.48. The molecule has 0 atom stereocenters. The summed E-state index contributed by atoms with van der Waals surface area (Å²) in [6.45, 7) is 6.38. The summed E-state index contributed by atoms with van der Waals surface area (Å²) in [5, 5.41) is 3.54. The van der Waals surface area contributed by atoms with Crippen LogP contribution in [0.5, 0.6) is 0 Å². The standard InChI is InChI=1S/C19H24N4/c1-13(2)20-19-18(15-6-8-16(9-7-15)22(4)5)21-17-12-14(3)10-11-23(17)19/h6-13,20H,1-5H3. The van der Waals surface area contributed by atoms with Crippen LogP contribution in [0.1, 0.15) is 19.4 Å². The van der Waals surface area contributed by atoms with Crippen molar-refractivity contribution >= 4 is 17.2 Å². The number of nitrogens with one attached hydrogen (secondary N) is 1. The zero-order valence-corrected chi connectivity index (χ0v) is 14.5. The van der Waals surface area contributed by atoms with Gasteiger partial charge in [0.25, 0.3) is 0 Å². The number of aryl methyl sites for hydroxylation is 1. The van der Waals surface area contributed by atoms with E-state index in [0.717, 1.165) is 22.7 Å². The minimum absolute atomic E-state index is 0.344. The number of aromatic nitrogens is 2. The maximum absolute atomic E-state index is 4.86. The predicted octanol–water partition coefficient (Wildman–Crippen LogP) is 4.20. The van der Waals surface area contributed by atoms with Crippen LogP contribution in [-0.2, 0) is 0 Å². The maximum atomic E-state index is 4.86. The van der Waals surface area contributed by atoms with Crippen LogP contribution in [0.2, 0.25) is 0 Å². The number of benzene rings is 1. The average molecular weight is 308 g/mol. The SMILES string of the molecule is Cc1ccn2c(NC(C)C)c(-c3ccc(N(C)C)cc3)nc2c1. The van der Waals surface area contributed by atoms with Gasteiger partial charge in [0.1, 0.15) is 17.2 Å². The Hall–Kier alpha value is -2.49. The van der Waals surface area contributed by atoms with Crippen molar-refractivity contribution in [3.63, 3.8) is 0 Å². The van der Waals surface area contributed by atoms with Crippen LogP contribution < -0.4 is 10.2 Å². The summed E-state index contributed by atoms with van der Waals surface area (Å²) in [4.78, 5) is 6.96. The molecule has 0 aliphatic rings. The molecule has 4 heteroatoms. The molecule has 0 spiro atoms. The molecule has 120 valence electrons. The zero-order valence-electron chi connectivity index (χ0n) is 14.5. The van der Waals surface area contributed by atoms with Gasteiger partial charge in [0, 0.05) is 37.6 Å². The zero-order chi connectivity index (χ0) is 16.6. The first-order valence-corrected chi connectivity index (χ1v) is 7.98. The molecule has 1 aromatic carbocycles. The van der Waals surface area contributed by atoms with Crippen molar-refractivity contribution in [3.8, 4) is 11.3 Å². The highest BCUT2D eigenvalue weighted by atomic mass is 15.1. The molecule has 0 unspecified atom stereocenters. The van der Waals surface area contributed by atoms with E-state index in [2.05, 4.69) is 92.1 Å². The maximum Gasteiger partial charge on any atom is 0.139 e. The number of anilines is 2. The fourth-order valence-corrected chi connectivity index (χ4v) is 2.68. The Morgan fingerprint density at radius 3 is 2.39 bits per heavy atom. The van der Waals surface area contributed by atoms with Gasteiger partial charge < -0.3 is 10.2 Å². The molecule has 0 saturated carbocycles. The number of rotatable bonds is 4. The fourth-order valence-electron chi connectivity index (χ4n) is 2.68. The van der Waals surface area contributed by atoms with Crippen LogP contribution in [-0.4, -0.2) is 29.5 Å². The Morgan fingerprint density at radius 2 is 1.78 bits per heavy atom. The minimum Gasteiger partial charge on any atom is -0.378 e. The van der Waals surface area contributed by atoms with Gasteiger partial charge in [0.05, 0.1) is 0 Å². The summed E-state index contributed by atoms with van der Waals surface area (Å²) >= 11 is 0. The number of hydrogen-bond donors (Lipinski definition) is 1. The number of hydrogen-bond acceptors (Lipinski definition) is 3. The molecule has 0 amide bonds. The average Bonchev–Trinajstić information content (AvgIpc) is 2.84. The Balaban J connectivity index is 2.14. The smallest absolute Gasteiger partial charge is 0.139 e. The van der Waals surface area contributed by atoms with Crippen LogP contribution in [0.4, 0.5) is 11.5 Å². The first kappa shape index (κ1) is 15.4. The molecule has 0 aliphatic heterocycles. The lowest BCUT2D eigenvalue weighted by molar-refractivity contribution is 0.885. The summed E-state index contributed by atoms with van der Waals surface area (Å²) in [6.07, 6.45) is 2.08. The first-order valence-electron chi connectivity index (χ1n) is 7.98. The molecule has 0 saturated heterocycles.